The number of rotatable bonds is 2. The summed E-state index contributed by atoms with van der Waals surface area (Å²) in [7, 11) is 1.94. The van der Waals surface area contributed by atoms with E-state index < -0.39 is 6.10 Å². The molecule has 1 saturated heterocycles. The lowest BCUT2D eigenvalue weighted by Gasteiger charge is -2.25. The normalized spacial score (nSPS) is 30.1. The van der Waals surface area contributed by atoms with E-state index in [2.05, 4.69) is 15.7 Å². The monoisotopic (exact) mass is 264 g/mol. The number of fused-ring (bicyclic) bond motifs is 1. The number of aliphatic hydroxyl groups is 1. The first-order valence-corrected chi connectivity index (χ1v) is 6.87. The number of nitrogens with zero attached hydrogens (tertiary/aromatic N) is 2. The molecular formula is C13H20N4O2. The Morgan fingerprint density at radius 3 is 3.21 bits per heavy atom. The fraction of sp³-hybridized carbons (Fsp3) is 0.692. The van der Waals surface area contributed by atoms with Crippen molar-refractivity contribution in [2.75, 3.05) is 6.54 Å². The van der Waals surface area contributed by atoms with Crippen LogP contribution in [0.2, 0.25) is 0 Å². The van der Waals surface area contributed by atoms with Crippen LogP contribution in [0.5, 0.6) is 0 Å². The maximum absolute atomic E-state index is 12.2. The zero-order valence-electron chi connectivity index (χ0n) is 11.1. The molecule has 6 nitrogen and oxygen atoms in total. The van der Waals surface area contributed by atoms with Crippen LogP contribution >= 0.6 is 0 Å². The van der Waals surface area contributed by atoms with Crippen molar-refractivity contribution >= 4 is 5.91 Å². The number of carbonyl (C=O) groups is 1. The molecule has 0 spiro atoms. The molecule has 3 atom stereocenters. The first kappa shape index (κ1) is 12.6. The Kier molecular flexibility index (Phi) is 3.28. The van der Waals surface area contributed by atoms with E-state index in [1.165, 1.54) is 5.69 Å². The molecule has 2 heterocycles. The van der Waals surface area contributed by atoms with E-state index in [1.807, 2.05) is 17.9 Å². The van der Waals surface area contributed by atoms with Crippen LogP contribution in [0.15, 0.2) is 6.20 Å². The molecule has 19 heavy (non-hydrogen) atoms. The molecule has 1 fully saturated rings. The number of hydrogen-bond acceptors (Lipinski definition) is 4. The van der Waals surface area contributed by atoms with E-state index in [0.717, 1.165) is 24.8 Å². The van der Waals surface area contributed by atoms with Crippen molar-refractivity contribution in [2.45, 2.75) is 43.9 Å². The van der Waals surface area contributed by atoms with E-state index >= 15 is 0 Å². The highest BCUT2D eigenvalue weighted by molar-refractivity contribution is 5.82. The number of hydrogen-bond donors (Lipinski definition) is 3. The third-order valence-corrected chi connectivity index (χ3v) is 4.12. The van der Waals surface area contributed by atoms with Gasteiger partial charge in [0.05, 0.1) is 24.4 Å². The second kappa shape index (κ2) is 4.94. The van der Waals surface area contributed by atoms with Crippen LogP contribution < -0.4 is 10.6 Å². The van der Waals surface area contributed by atoms with Gasteiger partial charge in [-0.3, -0.25) is 9.48 Å². The molecule has 0 bridgehead atoms. The Bertz CT molecular complexity index is 485. The van der Waals surface area contributed by atoms with Gasteiger partial charge in [0.15, 0.2) is 0 Å². The molecule has 3 unspecified atom stereocenters. The highest BCUT2D eigenvalue weighted by Crippen LogP contribution is 2.29. The van der Waals surface area contributed by atoms with Crippen LogP contribution in [0.4, 0.5) is 0 Å². The SMILES string of the molecule is Cn1ncc2c1CCCC2NC(=O)C1CC(O)CN1. The second-order valence-corrected chi connectivity index (χ2v) is 5.47. The third kappa shape index (κ3) is 2.37. The van der Waals surface area contributed by atoms with Crippen LogP contribution in [0.1, 0.15) is 36.6 Å². The quantitative estimate of drug-likeness (QED) is 0.681. The van der Waals surface area contributed by atoms with Crippen molar-refractivity contribution in [1.82, 2.24) is 20.4 Å². The standard InChI is InChI=1S/C13H20N4O2/c1-17-12-4-2-3-10(9(12)7-15-17)16-13(19)11-5-8(18)6-14-11/h7-8,10-11,14,18H,2-6H2,1H3,(H,16,19). The number of aromatic nitrogens is 2. The van der Waals surface area contributed by atoms with Gasteiger partial charge in [-0.25, -0.2) is 0 Å². The minimum absolute atomic E-state index is 0.0155. The zero-order chi connectivity index (χ0) is 13.4. The topological polar surface area (TPSA) is 79.2 Å². The van der Waals surface area contributed by atoms with Crippen molar-refractivity contribution in [3.8, 4) is 0 Å². The predicted molar refractivity (Wildman–Crippen MR) is 69.4 cm³/mol. The van der Waals surface area contributed by atoms with E-state index in [1.54, 1.807) is 0 Å². The van der Waals surface area contributed by atoms with Crippen molar-refractivity contribution in [2.24, 2.45) is 7.05 Å². The predicted octanol–water partition coefficient (Wildman–Crippen LogP) is -0.363. The largest absolute Gasteiger partial charge is 0.392 e. The Morgan fingerprint density at radius 2 is 2.47 bits per heavy atom. The van der Waals surface area contributed by atoms with Gasteiger partial charge in [0.1, 0.15) is 0 Å². The first-order chi connectivity index (χ1) is 9.15. The Morgan fingerprint density at radius 1 is 1.63 bits per heavy atom. The lowest BCUT2D eigenvalue weighted by atomic mass is 9.92. The van der Waals surface area contributed by atoms with Crippen molar-refractivity contribution in [3.63, 3.8) is 0 Å². The Hall–Kier alpha value is -1.40. The molecule has 1 aliphatic carbocycles. The zero-order valence-corrected chi connectivity index (χ0v) is 11.1. The summed E-state index contributed by atoms with van der Waals surface area (Å²) < 4.78 is 1.89. The van der Waals surface area contributed by atoms with Gasteiger partial charge in [0.25, 0.3) is 0 Å². The van der Waals surface area contributed by atoms with Crippen LogP contribution in [-0.2, 0) is 18.3 Å². The van der Waals surface area contributed by atoms with E-state index in [-0.39, 0.29) is 18.0 Å². The molecule has 1 aromatic heterocycles. The minimum Gasteiger partial charge on any atom is -0.392 e. The van der Waals surface area contributed by atoms with E-state index in [0.29, 0.717) is 13.0 Å². The molecule has 104 valence electrons. The Labute approximate surface area is 112 Å². The van der Waals surface area contributed by atoms with Gasteiger partial charge in [-0.2, -0.15) is 5.10 Å². The smallest absolute Gasteiger partial charge is 0.237 e. The summed E-state index contributed by atoms with van der Waals surface area (Å²) in [5, 5.41) is 19.9. The van der Waals surface area contributed by atoms with E-state index in [4.69, 9.17) is 0 Å². The summed E-state index contributed by atoms with van der Waals surface area (Å²) in [6.07, 6.45) is 5.00. The maximum atomic E-state index is 12.2. The van der Waals surface area contributed by atoms with E-state index in [9.17, 15) is 9.90 Å². The molecule has 3 rings (SSSR count). The molecule has 1 aliphatic heterocycles. The summed E-state index contributed by atoms with van der Waals surface area (Å²) in [5.41, 5.74) is 2.36. The minimum atomic E-state index is -0.406. The third-order valence-electron chi connectivity index (χ3n) is 4.12. The lowest BCUT2D eigenvalue weighted by Crippen LogP contribution is -2.42. The summed E-state index contributed by atoms with van der Waals surface area (Å²) >= 11 is 0. The highest BCUT2D eigenvalue weighted by atomic mass is 16.3. The van der Waals surface area contributed by atoms with Gasteiger partial charge in [-0.1, -0.05) is 0 Å². The number of amides is 1. The maximum Gasteiger partial charge on any atom is 0.237 e. The number of nitrogens with one attached hydrogen (secondary N) is 2. The first-order valence-electron chi connectivity index (χ1n) is 6.87. The van der Waals surface area contributed by atoms with Crippen LogP contribution in [-0.4, -0.2) is 39.5 Å². The van der Waals surface area contributed by atoms with Gasteiger partial charge in [0.2, 0.25) is 5.91 Å². The van der Waals surface area contributed by atoms with Crippen LogP contribution in [0, 0.1) is 0 Å². The fourth-order valence-electron chi connectivity index (χ4n) is 3.05. The molecule has 0 saturated carbocycles. The fourth-order valence-corrected chi connectivity index (χ4v) is 3.05. The molecule has 1 aromatic rings. The number of carbonyl (C=O) groups excluding carboxylic acids is 1. The summed E-state index contributed by atoms with van der Waals surface area (Å²) in [6.45, 7) is 0.501. The molecule has 3 N–H and O–H groups in total. The number of aryl methyl sites for hydroxylation is 1. The average Bonchev–Trinajstić information content (AvgIpc) is 2.98. The van der Waals surface area contributed by atoms with Gasteiger partial charge in [-0.05, 0) is 25.7 Å². The molecule has 0 radical (unpaired) electrons. The van der Waals surface area contributed by atoms with Gasteiger partial charge < -0.3 is 15.7 Å². The number of aliphatic hydroxyl groups excluding tert-OH is 1. The summed E-state index contributed by atoms with van der Waals surface area (Å²) in [5.74, 6) is -0.0155. The average molecular weight is 264 g/mol. The van der Waals surface area contributed by atoms with Crippen LogP contribution in [0.25, 0.3) is 0 Å². The van der Waals surface area contributed by atoms with Crippen LogP contribution in [0.3, 0.4) is 0 Å². The Balaban J connectivity index is 1.69. The molecule has 1 amide bonds. The lowest BCUT2D eigenvalue weighted by molar-refractivity contribution is -0.123. The molecule has 0 aromatic carbocycles. The van der Waals surface area contributed by atoms with Gasteiger partial charge >= 0.3 is 0 Å². The molecule has 2 aliphatic rings. The summed E-state index contributed by atoms with van der Waals surface area (Å²) in [4.78, 5) is 12.2. The van der Waals surface area contributed by atoms with Gasteiger partial charge in [-0.15, -0.1) is 0 Å². The van der Waals surface area contributed by atoms with Crippen molar-refractivity contribution in [3.05, 3.63) is 17.5 Å². The summed E-state index contributed by atoms with van der Waals surface area (Å²) in [6, 6.07) is -0.207. The molecular weight excluding hydrogens is 244 g/mol. The number of β-amino-alcohol motifs (C(OH)–C–C–N with tert-alkyl or cyclic N) is 1. The highest BCUT2D eigenvalue weighted by Gasteiger charge is 2.31. The second-order valence-electron chi connectivity index (χ2n) is 5.47. The molecule has 6 heteroatoms. The van der Waals surface area contributed by atoms with Gasteiger partial charge in [0, 0.05) is 24.8 Å². The van der Waals surface area contributed by atoms with Crippen molar-refractivity contribution < 1.29 is 9.90 Å². The van der Waals surface area contributed by atoms with Crippen molar-refractivity contribution in [1.29, 1.82) is 0 Å².